The zero-order valence-electron chi connectivity index (χ0n) is 46.5. The molecule has 20 heteroatoms. The highest BCUT2D eigenvalue weighted by Gasteiger charge is 2.48. The van der Waals surface area contributed by atoms with Crippen molar-refractivity contribution < 1.29 is 38.4 Å². The van der Waals surface area contributed by atoms with Crippen molar-refractivity contribution in [2.75, 3.05) is 27.2 Å². The van der Waals surface area contributed by atoms with Gasteiger partial charge < -0.3 is 52.3 Å². The number of hydrogen-bond donors (Lipinski definition) is 8. The van der Waals surface area contributed by atoms with E-state index in [1.54, 1.807) is 46.1 Å². The maximum atomic E-state index is 14.7. The van der Waals surface area contributed by atoms with Crippen LogP contribution in [0.25, 0.3) is 0 Å². The number of rotatable bonds is 16. The van der Waals surface area contributed by atoms with E-state index in [2.05, 4.69) is 86.5 Å². The quantitative estimate of drug-likeness (QED) is 0.0924. The van der Waals surface area contributed by atoms with Crippen LogP contribution in [0.4, 0.5) is 0 Å². The summed E-state index contributed by atoms with van der Waals surface area (Å²) in [6, 6.07) is 11.1. The van der Waals surface area contributed by atoms with Gasteiger partial charge in [0.05, 0.1) is 24.2 Å². The van der Waals surface area contributed by atoms with E-state index in [9.17, 15) is 38.4 Å². The normalized spacial score (nSPS) is 22.6. The number of halogens is 2. The molecule has 2 heterocycles. The van der Waals surface area contributed by atoms with Crippen LogP contribution in [0.1, 0.15) is 149 Å². The fourth-order valence-electron chi connectivity index (χ4n) is 11.0. The van der Waals surface area contributed by atoms with Crippen molar-refractivity contribution in [3.05, 3.63) is 103 Å². The Kier molecular flexibility index (Phi) is 19.4. The van der Waals surface area contributed by atoms with Gasteiger partial charge in [0.1, 0.15) is 24.2 Å². The lowest BCUT2D eigenvalue weighted by Gasteiger charge is -2.36. The van der Waals surface area contributed by atoms with Crippen LogP contribution in [0.5, 0.6) is 0 Å². The third-order valence-electron chi connectivity index (χ3n) is 15.8. The molecule has 0 aromatic heterocycles. The Bertz CT molecular complexity index is 2600. The van der Waals surface area contributed by atoms with Crippen LogP contribution in [-0.4, -0.2) is 133 Å². The average molecular weight is 1200 g/mol. The van der Waals surface area contributed by atoms with Crippen LogP contribution in [-0.2, 0) is 41.6 Å². The summed E-state index contributed by atoms with van der Waals surface area (Å²) >= 11 is 7.13. The number of carbonyl (C=O) groups excluding carboxylic acids is 8. The maximum Gasteiger partial charge on any atom is 0.251 e. The van der Waals surface area contributed by atoms with Gasteiger partial charge in [-0.15, -0.1) is 0 Å². The summed E-state index contributed by atoms with van der Waals surface area (Å²) in [4.78, 5) is 116. The molecule has 0 spiro atoms. The number of benzene rings is 3. The number of fused-ring (bicyclic) bond motifs is 2. The molecule has 2 saturated heterocycles. The van der Waals surface area contributed by atoms with Crippen LogP contribution >= 0.6 is 31.9 Å². The summed E-state index contributed by atoms with van der Waals surface area (Å²) in [5.41, 5.74) is 3.08. The lowest BCUT2D eigenvalue weighted by molar-refractivity contribution is -0.144. The fourth-order valence-corrected chi connectivity index (χ4v) is 11.8. The maximum absolute atomic E-state index is 14.7. The molecule has 0 bridgehead atoms. The Hall–Kier alpha value is -5.70. The number of aryl methyl sites for hydroxylation is 2. The number of likely N-dealkylation sites (tertiary alicyclic amines) is 2. The lowest BCUT2D eigenvalue weighted by atomic mass is 9.85. The third kappa shape index (κ3) is 14.2. The largest absolute Gasteiger partial charge is 0.347 e. The summed E-state index contributed by atoms with van der Waals surface area (Å²) in [5, 5.41) is 24.2. The first-order valence-corrected chi connectivity index (χ1v) is 28.8. The van der Waals surface area contributed by atoms with E-state index in [0.29, 0.717) is 12.8 Å². The number of hydrogen-bond acceptors (Lipinski definition) is 10. The molecule has 8 N–H and O–H groups in total. The van der Waals surface area contributed by atoms with Gasteiger partial charge in [-0.25, -0.2) is 0 Å². The zero-order valence-corrected chi connectivity index (χ0v) is 49.7. The molecular formula is C58H78Br2N10O8. The van der Waals surface area contributed by atoms with Crippen molar-refractivity contribution in [1.29, 1.82) is 0 Å². The second-order valence-corrected chi connectivity index (χ2v) is 25.5. The molecule has 2 unspecified atom stereocenters. The number of carbonyl (C=O) groups is 8. The van der Waals surface area contributed by atoms with Crippen LogP contribution in [0.15, 0.2) is 69.6 Å². The first-order valence-electron chi connectivity index (χ1n) is 27.2. The monoisotopic (exact) mass is 1200 g/mol. The third-order valence-corrected chi connectivity index (χ3v) is 16.7. The topological polar surface area (TPSA) is 239 Å². The predicted molar refractivity (Wildman–Crippen MR) is 305 cm³/mol. The van der Waals surface area contributed by atoms with E-state index in [1.165, 1.54) is 15.9 Å². The van der Waals surface area contributed by atoms with Gasteiger partial charge in [-0.05, 0) is 155 Å². The first-order chi connectivity index (χ1) is 36.8. The van der Waals surface area contributed by atoms with Crippen molar-refractivity contribution in [2.24, 2.45) is 10.8 Å². The second kappa shape index (κ2) is 25.2. The summed E-state index contributed by atoms with van der Waals surface area (Å²) in [6.45, 7) is 14.4. The number of amides is 8. The van der Waals surface area contributed by atoms with E-state index < -0.39 is 82.8 Å². The molecule has 7 rings (SSSR count). The first kappa shape index (κ1) is 60.0. The Labute approximate surface area is 475 Å². The van der Waals surface area contributed by atoms with Crippen LogP contribution in [0.2, 0.25) is 0 Å². The molecule has 0 radical (unpaired) electrons. The molecular weight excluding hydrogens is 1120 g/mol. The van der Waals surface area contributed by atoms with Crippen LogP contribution in [0, 0.1) is 10.8 Å². The minimum Gasteiger partial charge on any atom is -0.347 e. The van der Waals surface area contributed by atoms with Crippen molar-refractivity contribution in [1.82, 2.24) is 52.3 Å². The molecule has 4 aliphatic rings. The predicted octanol–water partition coefficient (Wildman–Crippen LogP) is 5.28. The van der Waals surface area contributed by atoms with Gasteiger partial charge in [0.2, 0.25) is 35.4 Å². The summed E-state index contributed by atoms with van der Waals surface area (Å²) in [5.74, 6) is -3.47. The van der Waals surface area contributed by atoms with Gasteiger partial charge in [-0.1, -0.05) is 91.6 Å². The van der Waals surface area contributed by atoms with Gasteiger partial charge in [-0.3, -0.25) is 38.4 Å². The van der Waals surface area contributed by atoms with E-state index >= 15 is 0 Å². The van der Waals surface area contributed by atoms with E-state index in [0.717, 1.165) is 56.9 Å². The highest BCUT2D eigenvalue weighted by molar-refractivity contribution is 9.10. The van der Waals surface area contributed by atoms with Gasteiger partial charge in [0.25, 0.3) is 11.8 Å². The molecule has 3 aromatic carbocycles. The second-order valence-electron chi connectivity index (χ2n) is 23.6. The SMILES string of the molecule is CN[C@@H](C)C(=O)N[C@H](C(=O)N1C[C@@H](NC(=O)c2cccc(C(=O)N[C@H]3C[C@@H](C(=O)NC4CCCc5cc(Br)ccc54)N(C(=O)[C@@H](NC(=O)[C@H](C)NC)C(C)(C)C)C3)c2)C[C@H]1C(=O)NC1CCCc2cc(Br)ccc21)C(C)(C)C. The average Bonchev–Trinajstić information content (AvgIpc) is 4.03. The molecule has 2 aliphatic heterocycles. The molecule has 18 nitrogen and oxygen atoms in total. The summed E-state index contributed by atoms with van der Waals surface area (Å²) in [7, 11) is 3.30. The summed E-state index contributed by atoms with van der Waals surface area (Å²) < 4.78 is 1.89. The van der Waals surface area contributed by atoms with E-state index in [1.807, 2.05) is 65.8 Å². The zero-order chi connectivity index (χ0) is 57.0. The van der Waals surface area contributed by atoms with Crippen molar-refractivity contribution in [3.8, 4) is 0 Å². The number of likely N-dealkylation sites (N-methyl/N-ethyl adjacent to an activating group) is 2. The standard InChI is InChI=1S/C58H78Br2N10O8/c1-31(61-9)49(71)67-47(57(3,4)5)55(77)69-29-39(27-45(69)53(75)65-43-18-12-14-33-25-37(59)20-22-41(33)43)63-51(73)35-16-11-17-36(24-35)52(74)64-40-28-46(54(76)66-44-19-13-15-34-26-38(60)21-23-42(34)44)70(30-40)56(78)48(58(6,7)8)68-50(72)32(2)62-10/h11,16-17,20-26,31-32,39-40,43-48,61-62H,12-15,18-19,27-30H2,1-10H3,(H,63,73)(H,64,74)(H,65,75)(H,66,76)(H,67,71)(H,68,72)/t31-,32-,39-,40-,43?,44?,45-,46-,47+,48+/m0/s1. The van der Waals surface area contributed by atoms with E-state index in [4.69, 9.17) is 0 Å². The van der Waals surface area contributed by atoms with E-state index in [-0.39, 0.29) is 72.8 Å². The molecule has 78 heavy (non-hydrogen) atoms. The molecule has 0 saturated carbocycles. The highest BCUT2D eigenvalue weighted by atomic mass is 79.9. The molecule has 422 valence electrons. The minimum atomic E-state index is -1.01. The van der Waals surface area contributed by atoms with Gasteiger partial charge >= 0.3 is 0 Å². The summed E-state index contributed by atoms with van der Waals surface area (Å²) in [6.07, 6.45) is 5.07. The lowest BCUT2D eigenvalue weighted by Crippen LogP contribution is -2.59. The Morgan fingerprint density at radius 3 is 1.29 bits per heavy atom. The minimum absolute atomic E-state index is 0.0218. The molecule has 3 aromatic rings. The molecule has 8 amide bonds. The smallest absolute Gasteiger partial charge is 0.251 e. The Balaban J connectivity index is 1.09. The van der Waals surface area contributed by atoms with Crippen molar-refractivity contribution >= 4 is 79.1 Å². The molecule has 10 atom stereocenters. The van der Waals surface area contributed by atoms with Crippen LogP contribution in [0.3, 0.4) is 0 Å². The van der Waals surface area contributed by atoms with Gasteiger partial charge in [0.15, 0.2) is 0 Å². The van der Waals surface area contributed by atoms with Gasteiger partial charge in [-0.2, -0.15) is 0 Å². The number of nitrogens with zero attached hydrogens (tertiary/aromatic N) is 2. The van der Waals surface area contributed by atoms with Crippen molar-refractivity contribution in [3.63, 3.8) is 0 Å². The Morgan fingerprint density at radius 1 is 0.551 bits per heavy atom. The van der Waals surface area contributed by atoms with Gasteiger partial charge in [0, 0.05) is 45.2 Å². The fraction of sp³-hybridized carbons (Fsp3) is 0.552. The molecule has 2 fully saturated rings. The molecule has 2 aliphatic carbocycles. The van der Waals surface area contributed by atoms with Crippen LogP contribution < -0.4 is 42.5 Å². The van der Waals surface area contributed by atoms with Crippen molar-refractivity contribution in [2.45, 2.75) is 167 Å². The Morgan fingerprint density at radius 2 is 0.936 bits per heavy atom. The highest BCUT2D eigenvalue weighted by Crippen LogP contribution is 2.35. The number of nitrogens with one attached hydrogen (secondary N) is 8.